The number of halogens is 2. The lowest BCUT2D eigenvalue weighted by Gasteiger charge is -2.11. The van der Waals surface area contributed by atoms with E-state index in [9.17, 15) is 5.11 Å². The maximum atomic E-state index is 9.42. The Morgan fingerprint density at radius 2 is 1.35 bits per heavy atom. The fraction of sp³-hybridized carbons (Fsp3) is 0.0526. The van der Waals surface area contributed by atoms with E-state index in [0.717, 1.165) is 11.1 Å². The van der Waals surface area contributed by atoms with Crippen LogP contribution in [0.1, 0.15) is 5.56 Å². The van der Waals surface area contributed by atoms with Crippen LogP contribution in [0, 0.1) is 0 Å². The Labute approximate surface area is 144 Å². The third-order valence-corrected chi connectivity index (χ3v) is 3.99. The fourth-order valence-electron chi connectivity index (χ4n) is 2.26. The maximum Gasteiger partial charge on any atom is 0.157 e. The largest absolute Gasteiger partial charge is 0.508 e. The van der Waals surface area contributed by atoms with Gasteiger partial charge in [0, 0.05) is 12.1 Å². The monoisotopic (exact) mass is 344 g/mol. The molecule has 0 aromatic heterocycles. The van der Waals surface area contributed by atoms with E-state index in [-0.39, 0.29) is 15.8 Å². The highest BCUT2D eigenvalue weighted by Gasteiger charge is 2.09. The molecule has 0 radical (unpaired) electrons. The normalized spacial score (nSPS) is 10.5. The van der Waals surface area contributed by atoms with Crippen LogP contribution in [0.25, 0.3) is 11.1 Å². The minimum absolute atomic E-state index is 0.0135. The van der Waals surface area contributed by atoms with Crippen LogP contribution < -0.4 is 4.74 Å². The van der Waals surface area contributed by atoms with E-state index in [0.29, 0.717) is 12.4 Å². The van der Waals surface area contributed by atoms with Gasteiger partial charge in [-0.15, -0.1) is 0 Å². The third kappa shape index (κ3) is 3.79. The lowest BCUT2D eigenvalue weighted by atomic mass is 10.0. The van der Waals surface area contributed by atoms with Gasteiger partial charge in [0.25, 0.3) is 0 Å². The van der Waals surface area contributed by atoms with Crippen LogP contribution in [0.4, 0.5) is 0 Å². The first-order valence-corrected chi connectivity index (χ1v) is 7.84. The van der Waals surface area contributed by atoms with E-state index in [1.807, 2.05) is 42.5 Å². The minimum Gasteiger partial charge on any atom is -0.508 e. The summed E-state index contributed by atoms with van der Waals surface area (Å²) < 4.78 is 5.68. The summed E-state index contributed by atoms with van der Waals surface area (Å²) in [5.74, 6) is 0.387. The number of phenolic OH excluding ortho intramolecular Hbond substituents is 1. The van der Waals surface area contributed by atoms with Crippen LogP contribution in [0.3, 0.4) is 0 Å². The van der Waals surface area contributed by atoms with E-state index in [1.165, 1.54) is 17.7 Å². The molecule has 4 heteroatoms. The van der Waals surface area contributed by atoms with Crippen molar-refractivity contribution in [1.29, 1.82) is 0 Å². The Balaban J connectivity index is 1.72. The Bertz CT molecular complexity index is 776. The van der Waals surface area contributed by atoms with Crippen LogP contribution in [0.5, 0.6) is 11.5 Å². The summed E-state index contributed by atoms with van der Waals surface area (Å²) >= 11 is 12.1. The van der Waals surface area contributed by atoms with Crippen molar-refractivity contribution in [3.8, 4) is 22.6 Å². The van der Waals surface area contributed by atoms with Crippen molar-refractivity contribution in [2.75, 3.05) is 0 Å². The number of phenols is 1. The second-order valence-corrected chi connectivity index (χ2v) is 5.90. The summed E-state index contributed by atoms with van der Waals surface area (Å²) in [6.07, 6.45) is 0. The zero-order valence-electron chi connectivity index (χ0n) is 12.2. The molecule has 0 fully saturated rings. The van der Waals surface area contributed by atoms with Crippen LogP contribution in [-0.4, -0.2) is 5.11 Å². The highest BCUT2D eigenvalue weighted by molar-refractivity contribution is 6.37. The molecule has 0 heterocycles. The van der Waals surface area contributed by atoms with Crippen LogP contribution in [0.2, 0.25) is 10.0 Å². The first kappa shape index (κ1) is 15.7. The number of rotatable bonds is 4. The standard InChI is InChI=1S/C19H14Cl2O2/c20-17-10-16(22)11-18(21)19(17)23-12-13-6-8-15(9-7-13)14-4-2-1-3-5-14/h1-11,22H,12H2. The molecule has 3 aromatic carbocycles. The number of hydrogen-bond acceptors (Lipinski definition) is 2. The molecule has 0 aliphatic heterocycles. The van der Waals surface area contributed by atoms with Gasteiger partial charge in [-0.1, -0.05) is 77.8 Å². The molecule has 23 heavy (non-hydrogen) atoms. The third-order valence-electron chi connectivity index (χ3n) is 3.43. The molecule has 0 unspecified atom stereocenters. The van der Waals surface area contributed by atoms with Gasteiger partial charge in [0.05, 0.1) is 10.0 Å². The van der Waals surface area contributed by atoms with E-state index >= 15 is 0 Å². The lowest BCUT2D eigenvalue weighted by molar-refractivity contribution is 0.306. The zero-order valence-corrected chi connectivity index (χ0v) is 13.7. The zero-order chi connectivity index (χ0) is 16.2. The molecule has 0 atom stereocenters. The van der Waals surface area contributed by atoms with Crippen LogP contribution in [-0.2, 0) is 6.61 Å². The van der Waals surface area contributed by atoms with E-state index in [2.05, 4.69) is 12.1 Å². The molecule has 2 nitrogen and oxygen atoms in total. The Kier molecular flexibility index (Phi) is 4.75. The molecule has 0 saturated carbocycles. The molecular weight excluding hydrogens is 331 g/mol. The van der Waals surface area contributed by atoms with E-state index in [4.69, 9.17) is 27.9 Å². The van der Waals surface area contributed by atoms with Crippen molar-refractivity contribution in [3.05, 3.63) is 82.3 Å². The number of ether oxygens (including phenoxy) is 1. The first-order chi connectivity index (χ1) is 11.1. The SMILES string of the molecule is Oc1cc(Cl)c(OCc2ccc(-c3ccccc3)cc2)c(Cl)c1. The molecular formula is C19H14Cl2O2. The summed E-state index contributed by atoms with van der Waals surface area (Å²) in [6, 6.07) is 21.1. The molecule has 1 N–H and O–H groups in total. The summed E-state index contributed by atoms with van der Waals surface area (Å²) in [4.78, 5) is 0. The average molecular weight is 345 g/mol. The van der Waals surface area contributed by atoms with Crippen LogP contribution in [0.15, 0.2) is 66.7 Å². The van der Waals surface area contributed by atoms with Crippen molar-refractivity contribution >= 4 is 23.2 Å². The van der Waals surface area contributed by atoms with Crippen molar-refractivity contribution in [2.24, 2.45) is 0 Å². The molecule has 0 spiro atoms. The lowest BCUT2D eigenvalue weighted by Crippen LogP contribution is -1.96. The molecule has 3 rings (SSSR count). The highest BCUT2D eigenvalue weighted by atomic mass is 35.5. The smallest absolute Gasteiger partial charge is 0.157 e. The Hall–Kier alpha value is -2.16. The van der Waals surface area contributed by atoms with Gasteiger partial charge in [0.15, 0.2) is 5.75 Å². The fourth-order valence-corrected chi connectivity index (χ4v) is 2.85. The van der Waals surface area contributed by atoms with E-state index < -0.39 is 0 Å². The van der Waals surface area contributed by atoms with Gasteiger partial charge in [-0.3, -0.25) is 0 Å². The van der Waals surface area contributed by atoms with Crippen molar-refractivity contribution < 1.29 is 9.84 Å². The molecule has 116 valence electrons. The van der Waals surface area contributed by atoms with Gasteiger partial charge in [0.1, 0.15) is 12.4 Å². The summed E-state index contributed by atoms with van der Waals surface area (Å²) in [7, 11) is 0. The quantitative estimate of drug-likeness (QED) is 0.634. The summed E-state index contributed by atoms with van der Waals surface area (Å²) in [5, 5.41) is 9.99. The van der Waals surface area contributed by atoms with Gasteiger partial charge in [-0.05, 0) is 16.7 Å². The number of aromatic hydroxyl groups is 1. The topological polar surface area (TPSA) is 29.5 Å². The van der Waals surface area contributed by atoms with Gasteiger partial charge in [0.2, 0.25) is 0 Å². The van der Waals surface area contributed by atoms with E-state index in [1.54, 1.807) is 0 Å². The van der Waals surface area contributed by atoms with Gasteiger partial charge >= 0.3 is 0 Å². The summed E-state index contributed by atoms with van der Waals surface area (Å²) in [6.45, 7) is 0.347. The molecule has 0 aliphatic rings. The highest BCUT2D eigenvalue weighted by Crippen LogP contribution is 2.36. The molecule has 3 aromatic rings. The Morgan fingerprint density at radius 1 is 0.783 bits per heavy atom. The molecule has 0 saturated heterocycles. The number of benzene rings is 3. The van der Waals surface area contributed by atoms with Gasteiger partial charge < -0.3 is 9.84 Å². The van der Waals surface area contributed by atoms with Gasteiger partial charge in [-0.2, -0.15) is 0 Å². The molecule has 0 amide bonds. The van der Waals surface area contributed by atoms with Crippen molar-refractivity contribution in [2.45, 2.75) is 6.61 Å². The number of hydrogen-bond donors (Lipinski definition) is 1. The molecule has 0 bridgehead atoms. The van der Waals surface area contributed by atoms with Crippen molar-refractivity contribution in [1.82, 2.24) is 0 Å². The first-order valence-electron chi connectivity index (χ1n) is 7.08. The van der Waals surface area contributed by atoms with Crippen LogP contribution >= 0.6 is 23.2 Å². The molecule has 0 aliphatic carbocycles. The second kappa shape index (κ2) is 6.95. The predicted molar refractivity (Wildman–Crippen MR) is 94.3 cm³/mol. The maximum absolute atomic E-state index is 9.42. The van der Waals surface area contributed by atoms with Gasteiger partial charge in [-0.25, -0.2) is 0 Å². The average Bonchev–Trinajstić information content (AvgIpc) is 2.55. The Morgan fingerprint density at radius 3 is 1.96 bits per heavy atom. The second-order valence-electron chi connectivity index (χ2n) is 5.09. The predicted octanol–water partition coefficient (Wildman–Crippen LogP) is 5.95. The van der Waals surface area contributed by atoms with Crippen molar-refractivity contribution in [3.63, 3.8) is 0 Å². The summed E-state index contributed by atoms with van der Waals surface area (Å²) in [5.41, 5.74) is 3.32. The minimum atomic E-state index is 0.0135.